The van der Waals surface area contributed by atoms with Gasteiger partial charge in [-0.15, -0.1) is 0 Å². The van der Waals surface area contributed by atoms with Crippen LogP contribution in [0.3, 0.4) is 0 Å². The maximum atomic E-state index is 12.2. The number of hydrogen-bond donors (Lipinski definition) is 1. The number of carbonyl (C=O) groups excluding carboxylic acids is 1. The number of hydrogen-bond acceptors (Lipinski definition) is 2. The summed E-state index contributed by atoms with van der Waals surface area (Å²) >= 11 is 0. The van der Waals surface area contributed by atoms with Crippen molar-refractivity contribution in [2.75, 3.05) is 13.6 Å². The molecule has 1 unspecified atom stereocenters. The number of likely N-dealkylation sites (N-methyl/N-ethyl adjacent to an activating group) is 1. The van der Waals surface area contributed by atoms with Gasteiger partial charge in [0.05, 0.1) is 0 Å². The highest BCUT2D eigenvalue weighted by Gasteiger charge is 2.39. The molecule has 1 saturated carbocycles. The SMILES string of the molecule is CN(C(=O)O)C1CCN(C2CCCCC2)C1=O. The third kappa shape index (κ3) is 2.37. The molecule has 17 heavy (non-hydrogen) atoms. The molecule has 0 aromatic heterocycles. The van der Waals surface area contributed by atoms with Crippen molar-refractivity contribution < 1.29 is 14.7 Å². The Labute approximate surface area is 101 Å². The van der Waals surface area contributed by atoms with Gasteiger partial charge in [-0.1, -0.05) is 19.3 Å². The summed E-state index contributed by atoms with van der Waals surface area (Å²) in [5.41, 5.74) is 0. The first-order valence-corrected chi connectivity index (χ1v) is 6.37. The van der Waals surface area contributed by atoms with Crippen LogP contribution in [0, 0.1) is 0 Å². The lowest BCUT2D eigenvalue weighted by Crippen LogP contribution is -2.45. The maximum absolute atomic E-state index is 12.2. The molecule has 2 amide bonds. The van der Waals surface area contributed by atoms with Gasteiger partial charge < -0.3 is 10.0 Å². The molecule has 0 radical (unpaired) electrons. The maximum Gasteiger partial charge on any atom is 0.407 e. The van der Waals surface area contributed by atoms with Crippen LogP contribution in [0.15, 0.2) is 0 Å². The predicted molar refractivity (Wildman–Crippen MR) is 62.8 cm³/mol. The molecular weight excluding hydrogens is 220 g/mol. The van der Waals surface area contributed by atoms with Crippen molar-refractivity contribution in [1.82, 2.24) is 9.80 Å². The van der Waals surface area contributed by atoms with Crippen LogP contribution in [0.5, 0.6) is 0 Å². The second-order valence-electron chi connectivity index (χ2n) is 5.02. The number of rotatable bonds is 2. The first-order chi connectivity index (χ1) is 8.11. The molecule has 1 aliphatic carbocycles. The molecule has 1 saturated heterocycles. The number of amides is 2. The van der Waals surface area contributed by atoms with Gasteiger partial charge in [-0.05, 0) is 19.3 Å². The number of likely N-dealkylation sites (tertiary alicyclic amines) is 1. The zero-order valence-corrected chi connectivity index (χ0v) is 10.3. The fraction of sp³-hybridized carbons (Fsp3) is 0.833. The summed E-state index contributed by atoms with van der Waals surface area (Å²) < 4.78 is 0. The van der Waals surface area contributed by atoms with Gasteiger partial charge in [0.2, 0.25) is 5.91 Å². The van der Waals surface area contributed by atoms with Gasteiger partial charge in [0.25, 0.3) is 0 Å². The van der Waals surface area contributed by atoms with Gasteiger partial charge in [0.1, 0.15) is 6.04 Å². The molecule has 1 aliphatic heterocycles. The Kier molecular flexibility index (Phi) is 3.54. The standard InChI is InChI=1S/C12H20N2O3/c1-13(12(16)17)10-7-8-14(11(10)15)9-5-3-2-4-6-9/h9-10H,2-8H2,1H3,(H,16,17). The monoisotopic (exact) mass is 240 g/mol. The molecular formula is C12H20N2O3. The van der Waals surface area contributed by atoms with E-state index in [9.17, 15) is 9.59 Å². The van der Waals surface area contributed by atoms with Crippen LogP contribution in [0.2, 0.25) is 0 Å². The first kappa shape index (κ1) is 12.2. The lowest BCUT2D eigenvalue weighted by atomic mass is 9.94. The summed E-state index contributed by atoms with van der Waals surface area (Å²) in [5.74, 6) is 0.00167. The molecule has 2 aliphatic rings. The van der Waals surface area contributed by atoms with Crippen molar-refractivity contribution in [3.05, 3.63) is 0 Å². The molecule has 2 rings (SSSR count). The second kappa shape index (κ2) is 4.94. The highest BCUT2D eigenvalue weighted by molar-refractivity contribution is 5.87. The minimum Gasteiger partial charge on any atom is -0.465 e. The van der Waals surface area contributed by atoms with Crippen molar-refractivity contribution in [1.29, 1.82) is 0 Å². The minimum absolute atomic E-state index is 0.00167. The molecule has 5 heteroatoms. The van der Waals surface area contributed by atoms with Crippen molar-refractivity contribution in [3.8, 4) is 0 Å². The molecule has 1 atom stereocenters. The molecule has 0 aromatic carbocycles. The van der Waals surface area contributed by atoms with Crippen LogP contribution < -0.4 is 0 Å². The predicted octanol–water partition coefficient (Wildman–Crippen LogP) is 1.53. The van der Waals surface area contributed by atoms with Crippen molar-refractivity contribution in [3.63, 3.8) is 0 Å². The Morgan fingerprint density at radius 1 is 1.29 bits per heavy atom. The number of nitrogens with zero attached hydrogens (tertiary/aromatic N) is 2. The van der Waals surface area contributed by atoms with Crippen molar-refractivity contribution >= 4 is 12.0 Å². The summed E-state index contributed by atoms with van der Waals surface area (Å²) in [6.07, 6.45) is 5.41. The summed E-state index contributed by atoms with van der Waals surface area (Å²) in [7, 11) is 1.48. The van der Waals surface area contributed by atoms with Crippen LogP contribution in [0.25, 0.3) is 0 Å². The Hall–Kier alpha value is -1.26. The molecule has 0 bridgehead atoms. The van der Waals surface area contributed by atoms with Crippen LogP contribution in [0.4, 0.5) is 4.79 Å². The van der Waals surface area contributed by atoms with Crippen LogP contribution in [0.1, 0.15) is 38.5 Å². The third-order valence-electron chi connectivity index (χ3n) is 4.00. The fourth-order valence-electron chi connectivity index (χ4n) is 2.93. The van der Waals surface area contributed by atoms with Crippen LogP contribution in [-0.2, 0) is 4.79 Å². The fourth-order valence-corrected chi connectivity index (χ4v) is 2.93. The smallest absolute Gasteiger partial charge is 0.407 e. The topological polar surface area (TPSA) is 60.9 Å². The molecule has 1 N–H and O–H groups in total. The van der Waals surface area contributed by atoms with Crippen LogP contribution >= 0.6 is 0 Å². The Morgan fingerprint density at radius 3 is 2.53 bits per heavy atom. The largest absolute Gasteiger partial charge is 0.465 e. The molecule has 96 valence electrons. The lowest BCUT2D eigenvalue weighted by molar-refractivity contribution is -0.133. The Balaban J connectivity index is 1.99. The zero-order chi connectivity index (χ0) is 12.4. The normalized spacial score (nSPS) is 26.3. The number of carboxylic acid groups (broad SMARTS) is 1. The highest BCUT2D eigenvalue weighted by atomic mass is 16.4. The van der Waals surface area contributed by atoms with Gasteiger partial charge >= 0.3 is 6.09 Å². The highest BCUT2D eigenvalue weighted by Crippen LogP contribution is 2.27. The quantitative estimate of drug-likeness (QED) is 0.796. The van der Waals surface area contributed by atoms with E-state index in [1.54, 1.807) is 0 Å². The van der Waals surface area contributed by atoms with E-state index in [1.807, 2.05) is 4.90 Å². The van der Waals surface area contributed by atoms with Gasteiger partial charge in [-0.2, -0.15) is 0 Å². The molecule has 2 fully saturated rings. The first-order valence-electron chi connectivity index (χ1n) is 6.37. The van der Waals surface area contributed by atoms with E-state index in [2.05, 4.69) is 0 Å². The second-order valence-corrected chi connectivity index (χ2v) is 5.02. The lowest BCUT2D eigenvalue weighted by Gasteiger charge is -2.31. The molecule has 1 heterocycles. The van der Waals surface area contributed by atoms with E-state index < -0.39 is 12.1 Å². The zero-order valence-electron chi connectivity index (χ0n) is 10.3. The van der Waals surface area contributed by atoms with E-state index in [0.717, 1.165) is 17.7 Å². The average molecular weight is 240 g/mol. The van der Waals surface area contributed by atoms with Crippen LogP contribution in [-0.4, -0.2) is 52.6 Å². The molecule has 0 spiro atoms. The summed E-state index contributed by atoms with van der Waals surface area (Å²) in [6, 6.07) is -0.113. The molecule has 5 nitrogen and oxygen atoms in total. The van der Waals surface area contributed by atoms with Crippen molar-refractivity contribution in [2.45, 2.75) is 50.6 Å². The minimum atomic E-state index is -1.02. The molecule has 0 aromatic rings. The Bertz CT molecular complexity index is 313. The van der Waals surface area contributed by atoms with Gasteiger partial charge in [-0.25, -0.2) is 4.79 Å². The van der Waals surface area contributed by atoms with Crippen molar-refractivity contribution in [2.24, 2.45) is 0 Å². The van der Waals surface area contributed by atoms with E-state index in [0.29, 0.717) is 19.0 Å². The van der Waals surface area contributed by atoms with E-state index in [-0.39, 0.29) is 5.91 Å². The summed E-state index contributed by atoms with van der Waals surface area (Å²) in [6.45, 7) is 0.714. The summed E-state index contributed by atoms with van der Waals surface area (Å²) in [4.78, 5) is 26.1. The van der Waals surface area contributed by atoms with Gasteiger partial charge in [-0.3, -0.25) is 9.69 Å². The number of carbonyl (C=O) groups is 2. The summed E-state index contributed by atoms with van der Waals surface area (Å²) in [5, 5.41) is 8.91. The van der Waals surface area contributed by atoms with E-state index in [4.69, 9.17) is 5.11 Å². The van der Waals surface area contributed by atoms with E-state index >= 15 is 0 Å². The van der Waals surface area contributed by atoms with Gasteiger partial charge in [0.15, 0.2) is 0 Å². The third-order valence-corrected chi connectivity index (χ3v) is 4.00. The van der Waals surface area contributed by atoms with Gasteiger partial charge in [0, 0.05) is 19.6 Å². The Morgan fingerprint density at radius 2 is 1.94 bits per heavy atom. The van der Waals surface area contributed by atoms with E-state index in [1.165, 1.54) is 26.3 Å². The average Bonchev–Trinajstić information content (AvgIpc) is 2.71.